The van der Waals surface area contributed by atoms with E-state index in [9.17, 15) is 13.6 Å². The van der Waals surface area contributed by atoms with Crippen molar-refractivity contribution in [2.45, 2.75) is 25.8 Å². The third-order valence-electron chi connectivity index (χ3n) is 4.32. The Morgan fingerprint density at radius 3 is 2.74 bits per heavy atom. The predicted octanol–water partition coefficient (Wildman–Crippen LogP) is 3.56. The van der Waals surface area contributed by atoms with Crippen LogP contribution in [0.25, 0.3) is 11.5 Å². The van der Waals surface area contributed by atoms with Crippen LogP contribution in [0.15, 0.2) is 47.1 Å². The van der Waals surface area contributed by atoms with Crippen molar-refractivity contribution in [3.63, 3.8) is 0 Å². The van der Waals surface area contributed by atoms with Crippen LogP contribution in [0.1, 0.15) is 30.8 Å². The monoisotopic (exact) mass is 372 g/mol. The zero-order valence-electron chi connectivity index (χ0n) is 14.9. The Morgan fingerprint density at radius 2 is 2.04 bits per heavy atom. The fourth-order valence-corrected chi connectivity index (χ4v) is 2.56. The van der Waals surface area contributed by atoms with Crippen LogP contribution in [-0.4, -0.2) is 33.0 Å². The van der Waals surface area contributed by atoms with Crippen LogP contribution in [0.2, 0.25) is 0 Å². The third kappa shape index (κ3) is 4.33. The third-order valence-corrected chi connectivity index (χ3v) is 4.32. The van der Waals surface area contributed by atoms with Gasteiger partial charge in [-0.1, -0.05) is 17.3 Å². The average molecular weight is 372 g/mol. The Labute approximate surface area is 154 Å². The first kappa shape index (κ1) is 18.6. The Hall–Kier alpha value is -3.16. The molecule has 140 valence electrons. The minimum Gasteiger partial charge on any atom is -0.339 e. The van der Waals surface area contributed by atoms with E-state index in [2.05, 4.69) is 15.1 Å². The lowest BCUT2D eigenvalue weighted by Gasteiger charge is -2.25. The molecule has 6 nitrogen and oxygen atoms in total. The molecule has 0 bridgehead atoms. The Balaban J connectivity index is 1.60. The minimum absolute atomic E-state index is 0.147. The summed E-state index contributed by atoms with van der Waals surface area (Å²) in [6.07, 6.45) is 2.05. The summed E-state index contributed by atoms with van der Waals surface area (Å²) in [4.78, 5) is 22.3. The SMILES string of the molecule is CC(c1ccc(F)c(F)c1)N(C)C(=O)CCc1nc(-c2ccccn2)no1. The first-order chi connectivity index (χ1) is 13.0. The van der Waals surface area contributed by atoms with Crippen LogP contribution in [-0.2, 0) is 11.2 Å². The number of nitrogens with zero attached hydrogens (tertiary/aromatic N) is 4. The highest BCUT2D eigenvalue weighted by atomic mass is 19.2. The van der Waals surface area contributed by atoms with Crippen molar-refractivity contribution in [2.24, 2.45) is 0 Å². The van der Waals surface area contributed by atoms with Crippen molar-refractivity contribution in [1.29, 1.82) is 0 Å². The summed E-state index contributed by atoms with van der Waals surface area (Å²) >= 11 is 0. The van der Waals surface area contributed by atoms with Gasteiger partial charge in [0.15, 0.2) is 11.6 Å². The number of hydrogen-bond donors (Lipinski definition) is 0. The van der Waals surface area contributed by atoms with Crippen molar-refractivity contribution < 1.29 is 18.1 Å². The Kier molecular flexibility index (Phi) is 5.54. The normalized spacial score (nSPS) is 12.0. The van der Waals surface area contributed by atoms with E-state index < -0.39 is 17.7 Å². The zero-order chi connectivity index (χ0) is 19.4. The quantitative estimate of drug-likeness (QED) is 0.662. The molecule has 0 aliphatic heterocycles. The summed E-state index contributed by atoms with van der Waals surface area (Å²) < 4.78 is 31.6. The van der Waals surface area contributed by atoms with Gasteiger partial charge in [0.1, 0.15) is 5.69 Å². The number of rotatable bonds is 6. The van der Waals surface area contributed by atoms with Gasteiger partial charge in [-0.2, -0.15) is 4.98 Å². The molecule has 0 radical (unpaired) electrons. The van der Waals surface area contributed by atoms with Gasteiger partial charge in [-0.25, -0.2) is 8.78 Å². The number of pyridine rings is 1. The average Bonchev–Trinajstić information content (AvgIpc) is 3.17. The largest absolute Gasteiger partial charge is 0.339 e. The van der Waals surface area contributed by atoms with Gasteiger partial charge in [-0.05, 0) is 36.8 Å². The molecule has 8 heteroatoms. The number of aryl methyl sites for hydroxylation is 1. The highest BCUT2D eigenvalue weighted by molar-refractivity contribution is 5.76. The van der Waals surface area contributed by atoms with Gasteiger partial charge in [-0.15, -0.1) is 0 Å². The maximum absolute atomic E-state index is 13.4. The number of carbonyl (C=O) groups excluding carboxylic acids is 1. The maximum Gasteiger partial charge on any atom is 0.227 e. The molecule has 1 aromatic carbocycles. The molecule has 0 saturated carbocycles. The summed E-state index contributed by atoms with van der Waals surface area (Å²) in [6.45, 7) is 1.75. The molecule has 0 N–H and O–H groups in total. The van der Waals surface area contributed by atoms with E-state index in [1.807, 2.05) is 6.07 Å². The van der Waals surface area contributed by atoms with Crippen molar-refractivity contribution >= 4 is 5.91 Å². The van der Waals surface area contributed by atoms with Gasteiger partial charge in [-0.3, -0.25) is 9.78 Å². The predicted molar refractivity (Wildman–Crippen MR) is 93.4 cm³/mol. The lowest BCUT2D eigenvalue weighted by atomic mass is 10.1. The Bertz CT molecular complexity index is 930. The number of hydrogen-bond acceptors (Lipinski definition) is 5. The van der Waals surface area contributed by atoms with E-state index in [1.165, 1.54) is 11.0 Å². The van der Waals surface area contributed by atoms with E-state index in [4.69, 9.17) is 4.52 Å². The highest BCUT2D eigenvalue weighted by Gasteiger charge is 2.20. The van der Waals surface area contributed by atoms with Crippen molar-refractivity contribution in [2.75, 3.05) is 7.05 Å². The summed E-state index contributed by atoms with van der Waals surface area (Å²) in [5, 5.41) is 3.86. The van der Waals surface area contributed by atoms with Crippen LogP contribution in [0, 0.1) is 11.6 Å². The molecule has 0 spiro atoms. The summed E-state index contributed by atoms with van der Waals surface area (Å²) in [6, 6.07) is 8.57. The molecule has 0 fully saturated rings. The smallest absolute Gasteiger partial charge is 0.227 e. The van der Waals surface area contributed by atoms with Crippen molar-refractivity contribution in [1.82, 2.24) is 20.0 Å². The van der Waals surface area contributed by atoms with Gasteiger partial charge in [0.05, 0.1) is 6.04 Å². The summed E-state index contributed by atoms with van der Waals surface area (Å²) in [5.74, 6) is -1.34. The molecule has 2 heterocycles. The van der Waals surface area contributed by atoms with E-state index >= 15 is 0 Å². The molecular formula is C19H18F2N4O2. The number of carbonyl (C=O) groups is 1. The Morgan fingerprint density at radius 1 is 1.22 bits per heavy atom. The van der Waals surface area contributed by atoms with E-state index in [0.717, 1.165) is 12.1 Å². The number of halogens is 2. The number of aromatic nitrogens is 3. The van der Waals surface area contributed by atoms with Gasteiger partial charge in [0, 0.05) is 26.1 Å². The second kappa shape index (κ2) is 8.03. The number of amides is 1. The van der Waals surface area contributed by atoms with Crippen molar-refractivity contribution in [3.8, 4) is 11.5 Å². The summed E-state index contributed by atoms with van der Waals surface area (Å²) in [5.41, 5.74) is 1.10. The molecule has 1 unspecified atom stereocenters. The fourth-order valence-electron chi connectivity index (χ4n) is 2.56. The molecule has 27 heavy (non-hydrogen) atoms. The van der Waals surface area contributed by atoms with E-state index in [-0.39, 0.29) is 18.7 Å². The highest BCUT2D eigenvalue weighted by Crippen LogP contribution is 2.22. The molecule has 1 amide bonds. The lowest BCUT2D eigenvalue weighted by Crippen LogP contribution is -2.30. The van der Waals surface area contributed by atoms with Crippen LogP contribution in [0.3, 0.4) is 0 Å². The fraction of sp³-hybridized carbons (Fsp3) is 0.263. The van der Waals surface area contributed by atoms with Crippen LogP contribution >= 0.6 is 0 Å². The van der Waals surface area contributed by atoms with Crippen molar-refractivity contribution in [3.05, 3.63) is 65.7 Å². The molecule has 2 aromatic heterocycles. The van der Waals surface area contributed by atoms with Gasteiger partial charge >= 0.3 is 0 Å². The van der Waals surface area contributed by atoms with Gasteiger partial charge in [0.25, 0.3) is 0 Å². The van der Waals surface area contributed by atoms with Crippen LogP contribution in [0.5, 0.6) is 0 Å². The first-order valence-electron chi connectivity index (χ1n) is 8.40. The minimum atomic E-state index is -0.937. The summed E-state index contributed by atoms with van der Waals surface area (Å²) in [7, 11) is 1.61. The van der Waals surface area contributed by atoms with Crippen LogP contribution < -0.4 is 0 Å². The van der Waals surface area contributed by atoms with Gasteiger partial charge in [0.2, 0.25) is 17.6 Å². The number of benzene rings is 1. The molecule has 3 aromatic rings. The standard InChI is InChI=1S/C19H18F2N4O2/c1-12(13-6-7-14(20)15(21)11-13)25(2)18(26)9-8-17-23-19(24-27-17)16-5-3-4-10-22-16/h3-7,10-12H,8-9H2,1-2H3. The molecule has 0 aliphatic carbocycles. The molecular weight excluding hydrogens is 354 g/mol. The van der Waals surface area contributed by atoms with E-state index in [1.54, 1.807) is 32.3 Å². The topological polar surface area (TPSA) is 72.1 Å². The maximum atomic E-state index is 13.4. The molecule has 3 rings (SSSR count). The zero-order valence-corrected chi connectivity index (χ0v) is 14.9. The molecule has 1 atom stereocenters. The molecule has 0 saturated heterocycles. The molecule has 0 aliphatic rings. The second-order valence-electron chi connectivity index (χ2n) is 6.08. The second-order valence-corrected chi connectivity index (χ2v) is 6.08. The van der Waals surface area contributed by atoms with Gasteiger partial charge < -0.3 is 9.42 Å². The lowest BCUT2D eigenvalue weighted by molar-refractivity contribution is -0.131. The van der Waals surface area contributed by atoms with Crippen LogP contribution in [0.4, 0.5) is 8.78 Å². The first-order valence-corrected chi connectivity index (χ1v) is 8.40. The van der Waals surface area contributed by atoms with E-state index in [0.29, 0.717) is 23.0 Å².